The molecule has 0 aromatic rings. The molecule has 0 N–H and O–H groups in total. The van der Waals surface area contributed by atoms with Crippen LogP contribution in [0.2, 0.25) is 0 Å². The highest BCUT2D eigenvalue weighted by atomic mass is 31.0. The molecule has 1 aliphatic rings. The zero-order chi connectivity index (χ0) is 8.97. The molecule has 72 valence electrons. The minimum atomic E-state index is 0.0683. The Hall–Kier alpha value is 0.310. The lowest BCUT2D eigenvalue weighted by molar-refractivity contribution is -0.0943. The zero-order valence-corrected chi connectivity index (χ0v) is 8.81. The molecule has 0 aliphatic heterocycles. The average molecular weight is 192 g/mol. The van der Waals surface area contributed by atoms with Gasteiger partial charge in [0.2, 0.25) is 0 Å². The van der Waals surface area contributed by atoms with Crippen LogP contribution in [0.5, 0.6) is 0 Å². The molecule has 12 heavy (non-hydrogen) atoms. The number of hydrogen-bond acceptors (Lipinski definition) is 3. The maximum atomic E-state index is 5.31. The average Bonchev–Trinajstić information content (AvgIpc) is 2.16. The van der Waals surface area contributed by atoms with Crippen LogP contribution in [0.15, 0.2) is 0 Å². The minimum Gasteiger partial charge on any atom is -0.379 e. The Morgan fingerprint density at radius 1 is 1.08 bits per heavy atom. The Labute approximate surface area is 76.0 Å². The van der Waals surface area contributed by atoms with Crippen LogP contribution in [-0.2, 0) is 14.0 Å². The lowest BCUT2D eigenvalue weighted by Crippen LogP contribution is -2.43. The van der Waals surface area contributed by atoms with Gasteiger partial charge in [0.25, 0.3) is 0 Å². The molecule has 1 rings (SSSR count). The van der Waals surface area contributed by atoms with Crippen molar-refractivity contribution in [3.8, 4) is 0 Å². The van der Waals surface area contributed by atoms with Gasteiger partial charge in [-0.2, -0.15) is 0 Å². The molecule has 3 unspecified atom stereocenters. The molecule has 0 aromatic heterocycles. The Morgan fingerprint density at radius 2 is 1.58 bits per heavy atom. The quantitative estimate of drug-likeness (QED) is 0.632. The molecule has 0 radical (unpaired) electrons. The van der Waals surface area contributed by atoms with Crippen LogP contribution in [-0.4, -0.2) is 32.5 Å². The van der Waals surface area contributed by atoms with E-state index in [0.29, 0.717) is 0 Å². The van der Waals surface area contributed by atoms with E-state index in [1.54, 1.807) is 14.2 Å². The second kappa shape index (κ2) is 5.13. The zero-order valence-electron chi connectivity index (χ0n) is 7.66. The third-order valence-electron chi connectivity index (χ3n) is 2.47. The topological polar surface area (TPSA) is 27.7 Å². The maximum Gasteiger partial charge on any atom is 0.113 e. The fraction of sp³-hybridized carbons (Fsp3) is 1.00. The molecule has 1 aliphatic carbocycles. The fourth-order valence-electron chi connectivity index (χ4n) is 1.77. The summed E-state index contributed by atoms with van der Waals surface area (Å²) in [7, 11) is 5.74. The van der Waals surface area contributed by atoms with Gasteiger partial charge in [0.1, 0.15) is 6.10 Å². The second-order valence-corrected chi connectivity index (χ2v) is 3.35. The highest BCUT2D eigenvalue weighted by Crippen LogP contribution is 2.26. The van der Waals surface area contributed by atoms with Crippen LogP contribution >= 0.6 is 9.47 Å². The van der Waals surface area contributed by atoms with Gasteiger partial charge in [-0.05, 0) is 19.3 Å². The van der Waals surface area contributed by atoms with E-state index in [0.717, 1.165) is 19.3 Å². The molecule has 0 heterocycles. The number of methoxy groups -OCH3 is 2. The Morgan fingerprint density at radius 3 is 1.92 bits per heavy atom. The van der Waals surface area contributed by atoms with Crippen molar-refractivity contribution < 1.29 is 14.0 Å². The van der Waals surface area contributed by atoms with Crippen molar-refractivity contribution in [1.29, 1.82) is 0 Å². The van der Waals surface area contributed by atoms with Crippen molar-refractivity contribution in [2.24, 2.45) is 0 Å². The van der Waals surface area contributed by atoms with Crippen LogP contribution in [0.1, 0.15) is 19.3 Å². The van der Waals surface area contributed by atoms with E-state index in [1.807, 2.05) is 0 Å². The van der Waals surface area contributed by atoms with Crippen molar-refractivity contribution >= 4 is 9.47 Å². The van der Waals surface area contributed by atoms with Gasteiger partial charge in [-0.25, -0.2) is 0 Å². The molecule has 3 atom stereocenters. The third kappa shape index (κ3) is 2.17. The summed E-state index contributed by atoms with van der Waals surface area (Å²) in [5.41, 5.74) is 0. The van der Waals surface area contributed by atoms with Crippen molar-refractivity contribution in [1.82, 2.24) is 0 Å². The highest BCUT2D eigenvalue weighted by molar-refractivity contribution is 7.09. The van der Waals surface area contributed by atoms with E-state index in [1.165, 1.54) is 0 Å². The first kappa shape index (κ1) is 10.4. The molecule has 3 nitrogen and oxygen atoms in total. The monoisotopic (exact) mass is 192 g/mol. The van der Waals surface area contributed by atoms with Crippen LogP contribution in [0.4, 0.5) is 0 Å². The Kier molecular flexibility index (Phi) is 4.44. The van der Waals surface area contributed by atoms with E-state index < -0.39 is 0 Å². The molecule has 0 spiro atoms. The smallest absolute Gasteiger partial charge is 0.113 e. The van der Waals surface area contributed by atoms with Gasteiger partial charge in [0.05, 0.1) is 12.2 Å². The van der Waals surface area contributed by atoms with E-state index in [4.69, 9.17) is 14.0 Å². The molecule has 1 saturated carbocycles. The Balaban J connectivity index is 2.52. The molecule has 0 bridgehead atoms. The van der Waals surface area contributed by atoms with Crippen molar-refractivity contribution in [3.05, 3.63) is 0 Å². The van der Waals surface area contributed by atoms with Gasteiger partial charge in [0.15, 0.2) is 0 Å². The summed E-state index contributed by atoms with van der Waals surface area (Å²) in [5, 5.41) is 0. The van der Waals surface area contributed by atoms with Crippen molar-refractivity contribution in [2.75, 3.05) is 14.2 Å². The summed E-state index contributed by atoms with van der Waals surface area (Å²) in [4.78, 5) is 0. The van der Waals surface area contributed by atoms with Crippen LogP contribution in [0.3, 0.4) is 0 Å². The first-order valence-corrected chi connectivity index (χ1v) is 4.71. The lowest BCUT2D eigenvalue weighted by Gasteiger charge is -2.35. The third-order valence-corrected chi connectivity index (χ3v) is 2.79. The number of rotatable bonds is 3. The van der Waals surface area contributed by atoms with Gasteiger partial charge in [0, 0.05) is 23.7 Å². The molecule has 0 amide bonds. The van der Waals surface area contributed by atoms with E-state index >= 15 is 0 Å². The summed E-state index contributed by atoms with van der Waals surface area (Å²) >= 11 is 0. The predicted octanol–water partition coefficient (Wildman–Crippen LogP) is 1.38. The van der Waals surface area contributed by atoms with Gasteiger partial charge in [-0.3, -0.25) is 0 Å². The van der Waals surface area contributed by atoms with E-state index in [9.17, 15) is 0 Å². The van der Waals surface area contributed by atoms with E-state index in [2.05, 4.69) is 9.47 Å². The summed E-state index contributed by atoms with van der Waals surface area (Å²) < 4.78 is 15.9. The Bertz CT molecular complexity index is 119. The molecule has 4 heteroatoms. The molecule has 1 fully saturated rings. The van der Waals surface area contributed by atoms with Crippen LogP contribution in [0, 0.1) is 0 Å². The SMILES string of the molecule is COC1CCCC(OC)C1OP. The van der Waals surface area contributed by atoms with E-state index in [-0.39, 0.29) is 18.3 Å². The maximum absolute atomic E-state index is 5.31. The first-order valence-electron chi connectivity index (χ1n) is 4.24. The van der Waals surface area contributed by atoms with Crippen LogP contribution in [0.25, 0.3) is 0 Å². The fourth-order valence-corrected chi connectivity index (χ4v) is 2.12. The summed E-state index contributed by atoms with van der Waals surface area (Å²) in [5.74, 6) is 0. The second-order valence-electron chi connectivity index (χ2n) is 3.08. The molecule has 0 aromatic carbocycles. The van der Waals surface area contributed by atoms with Gasteiger partial charge in [-0.15, -0.1) is 0 Å². The lowest BCUT2D eigenvalue weighted by atomic mass is 9.92. The van der Waals surface area contributed by atoms with Gasteiger partial charge >= 0.3 is 0 Å². The molecule has 0 saturated heterocycles. The molecular formula is C8H17O3P. The summed E-state index contributed by atoms with van der Waals surface area (Å²) in [6, 6.07) is 0. The van der Waals surface area contributed by atoms with Crippen molar-refractivity contribution in [2.45, 2.75) is 37.6 Å². The van der Waals surface area contributed by atoms with Gasteiger partial charge in [-0.1, -0.05) is 0 Å². The van der Waals surface area contributed by atoms with Crippen LogP contribution < -0.4 is 0 Å². The van der Waals surface area contributed by atoms with Gasteiger partial charge < -0.3 is 14.0 Å². The van der Waals surface area contributed by atoms with Crippen molar-refractivity contribution in [3.63, 3.8) is 0 Å². The predicted molar refractivity (Wildman–Crippen MR) is 50.0 cm³/mol. The minimum absolute atomic E-state index is 0.0683. The normalized spacial score (nSPS) is 36.8. The summed E-state index contributed by atoms with van der Waals surface area (Å²) in [6.07, 6.45) is 3.72. The number of ether oxygens (including phenoxy) is 2. The summed E-state index contributed by atoms with van der Waals surface area (Å²) in [6.45, 7) is 0. The number of hydrogen-bond donors (Lipinski definition) is 0. The standard InChI is InChI=1S/C8H17O3P/c1-9-6-4-3-5-7(10-2)8(6)11-12/h6-8H,3-5,12H2,1-2H3. The largest absolute Gasteiger partial charge is 0.379 e. The first-order chi connectivity index (χ1) is 5.83. The molecular weight excluding hydrogens is 175 g/mol. The highest BCUT2D eigenvalue weighted by Gasteiger charge is 2.33.